The zero-order chi connectivity index (χ0) is 14.5. The Morgan fingerprint density at radius 2 is 1.43 bits per heavy atom. The van der Waals surface area contributed by atoms with Gasteiger partial charge >= 0.3 is 0 Å². The van der Waals surface area contributed by atoms with Crippen LogP contribution >= 0.6 is 0 Å². The summed E-state index contributed by atoms with van der Waals surface area (Å²) in [6, 6.07) is 26.0. The average molecular weight is 275 g/mol. The van der Waals surface area contributed by atoms with Crippen molar-refractivity contribution in [3.8, 4) is 16.9 Å². The van der Waals surface area contributed by atoms with Crippen molar-refractivity contribution in [1.82, 2.24) is 0 Å². The largest absolute Gasteiger partial charge is 0.508 e. The molecule has 0 spiro atoms. The van der Waals surface area contributed by atoms with Crippen LogP contribution in [0.2, 0.25) is 0 Å². The van der Waals surface area contributed by atoms with Gasteiger partial charge in [-0.15, -0.1) is 0 Å². The molecule has 2 nitrogen and oxygen atoms in total. The van der Waals surface area contributed by atoms with E-state index in [1.54, 1.807) is 12.1 Å². The van der Waals surface area contributed by atoms with E-state index in [-0.39, 0.29) is 0 Å². The van der Waals surface area contributed by atoms with Gasteiger partial charge in [-0.25, -0.2) is 0 Å². The molecule has 2 N–H and O–H groups in total. The standard InChI is InChI=1S/C19H17NO/c21-19-8-4-5-15(13-19)14-20-18-11-9-17(10-12-18)16-6-2-1-3-7-16/h1-13,20-21H,14H2. The zero-order valence-corrected chi connectivity index (χ0v) is 11.7. The molecule has 0 radical (unpaired) electrons. The lowest BCUT2D eigenvalue weighted by Gasteiger charge is -2.08. The molecular formula is C19H17NO. The Balaban J connectivity index is 1.68. The normalized spacial score (nSPS) is 10.3. The summed E-state index contributed by atoms with van der Waals surface area (Å²) in [4.78, 5) is 0. The molecule has 0 unspecified atom stereocenters. The molecule has 3 rings (SSSR count). The average Bonchev–Trinajstić information content (AvgIpc) is 2.54. The first-order valence-corrected chi connectivity index (χ1v) is 6.98. The van der Waals surface area contributed by atoms with Crippen molar-refractivity contribution >= 4 is 5.69 Å². The van der Waals surface area contributed by atoms with Gasteiger partial charge in [-0.2, -0.15) is 0 Å². The fourth-order valence-corrected chi connectivity index (χ4v) is 2.28. The maximum atomic E-state index is 9.44. The number of nitrogens with one attached hydrogen (secondary N) is 1. The maximum absolute atomic E-state index is 9.44. The number of aromatic hydroxyl groups is 1. The van der Waals surface area contributed by atoms with E-state index in [4.69, 9.17) is 0 Å². The number of anilines is 1. The highest BCUT2D eigenvalue weighted by Gasteiger charge is 1.98. The van der Waals surface area contributed by atoms with Crippen LogP contribution in [-0.2, 0) is 6.54 Å². The number of hydrogen-bond acceptors (Lipinski definition) is 2. The molecule has 0 saturated heterocycles. The number of phenolic OH excluding ortho intramolecular Hbond substituents is 1. The van der Waals surface area contributed by atoms with Crippen LogP contribution in [0.4, 0.5) is 5.69 Å². The van der Waals surface area contributed by atoms with E-state index in [0.717, 1.165) is 11.3 Å². The van der Waals surface area contributed by atoms with Crippen molar-refractivity contribution in [2.75, 3.05) is 5.32 Å². The summed E-state index contributed by atoms with van der Waals surface area (Å²) in [5.41, 5.74) is 4.55. The number of phenols is 1. The minimum absolute atomic E-state index is 0.300. The zero-order valence-electron chi connectivity index (χ0n) is 11.7. The molecule has 2 heteroatoms. The molecule has 3 aromatic rings. The maximum Gasteiger partial charge on any atom is 0.115 e. The Kier molecular flexibility index (Phi) is 3.88. The second kappa shape index (κ2) is 6.14. The van der Waals surface area contributed by atoms with E-state index < -0.39 is 0 Å². The second-order valence-electron chi connectivity index (χ2n) is 4.97. The van der Waals surface area contributed by atoms with Gasteiger partial charge in [0.1, 0.15) is 5.75 Å². The van der Waals surface area contributed by atoms with E-state index in [1.165, 1.54) is 11.1 Å². The minimum atomic E-state index is 0.300. The Labute approximate surface area is 124 Å². The van der Waals surface area contributed by atoms with Gasteiger partial charge in [0.25, 0.3) is 0 Å². The smallest absolute Gasteiger partial charge is 0.115 e. The molecular weight excluding hydrogens is 258 g/mol. The van der Waals surface area contributed by atoms with E-state index in [2.05, 4.69) is 41.7 Å². The SMILES string of the molecule is Oc1cccc(CNc2ccc(-c3ccccc3)cc2)c1. The third-order valence-corrected chi connectivity index (χ3v) is 3.40. The van der Waals surface area contributed by atoms with Crippen molar-refractivity contribution in [3.05, 3.63) is 84.4 Å². The molecule has 0 bridgehead atoms. The number of rotatable bonds is 4. The Hall–Kier alpha value is -2.74. The topological polar surface area (TPSA) is 32.3 Å². The lowest BCUT2D eigenvalue weighted by atomic mass is 10.1. The van der Waals surface area contributed by atoms with Gasteiger partial charge in [0.2, 0.25) is 0 Å². The first-order chi connectivity index (χ1) is 10.3. The Bertz CT molecular complexity index is 705. The predicted octanol–water partition coefficient (Wildman–Crippen LogP) is 4.67. The summed E-state index contributed by atoms with van der Waals surface area (Å²) < 4.78 is 0. The van der Waals surface area contributed by atoms with E-state index in [9.17, 15) is 5.11 Å². The molecule has 3 aromatic carbocycles. The fourth-order valence-electron chi connectivity index (χ4n) is 2.28. The van der Waals surface area contributed by atoms with E-state index >= 15 is 0 Å². The van der Waals surface area contributed by atoms with Crippen molar-refractivity contribution < 1.29 is 5.11 Å². The minimum Gasteiger partial charge on any atom is -0.508 e. The summed E-state index contributed by atoms with van der Waals surface area (Å²) in [7, 11) is 0. The van der Waals surface area contributed by atoms with E-state index in [1.807, 2.05) is 30.3 Å². The van der Waals surface area contributed by atoms with Gasteiger partial charge in [-0.05, 0) is 41.0 Å². The lowest BCUT2D eigenvalue weighted by molar-refractivity contribution is 0.474. The van der Waals surface area contributed by atoms with Crippen molar-refractivity contribution in [2.45, 2.75) is 6.54 Å². The lowest BCUT2D eigenvalue weighted by Crippen LogP contribution is -1.98. The summed E-state index contributed by atoms with van der Waals surface area (Å²) >= 11 is 0. The summed E-state index contributed by atoms with van der Waals surface area (Å²) in [6.45, 7) is 0.694. The first-order valence-electron chi connectivity index (χ1n) is 6.98. The molecule has 0 heterocycles. The van der Waals surface area contributed by atoms with Crippen LogP contribution in [0.3, 0.4) is 0 Å². The van der Waals surface area contributed by atoms with Crippen molar-refractivity contribution in [1.29, 1.82) is 0 Å². The van der Waals surface area contributed by atoms with E-state index in [0.29, 0.717) is 12.3 Å². The Morgan fingerprint density at radius 3 is 2.14 bits per heavy atom. The molecule has 0 saturated carbocycles. The highest BCUT2D eigenvalue weighted by Crippen LogP contribution is 2.21. The second-order valence-corrected chi connectivity index (χ2v) is 4.97. The quantitative estimate of drug-likeness (QED) is 0.725. The number of hydrogen-bond donors (Lipinski definition) is 2. The predicted molar refractivity (Wildman–Crippen MR) is 87.3 cm³/mol. The highest BCUT2D eigenvalue weighted by atomic mass is 16.3. The van der Waals surface area contributed by atoms with Crippen LogP contribution in [-0.4, -0.2) is 5.11 Å². The third kappa shape index (κ3) is 3.42. The molecule has 0 amide bonds. The summed E-state index contributed by atoms with van der Waals surface area (Å²) in [5, 5.41) is 12.8. The molecule has 21 heavy (non-hydrogen) atoms. The molecule has 0 aromatic heterocycles. The molecule has 0 aliphatic rings. The molecule has 0 atom stereocenters. The van der Waals surface area contributed by atoms with Crippen molar-refractivity contribution in [3.63, 3.8) is 0 Å². The Morgan fingerprint density at radius 1 is 0.714 bits per heavy atom. The molecule has 0 aliphatic heterocycles. The van der Waals surface area contributed by atoms with Gasteiger partial charge in [0, 0.05) is 12.2 Å². The van der Waals surface area contributed by atoms with Gasteiger partial charge < -0.3 is 10.4 Å². The monoisotopic (exact) mass is 275 g/mol. The van der Waals surface area contributed by atoms with Crippen LogP contribution < -0.4 is 5.32 Å². The van der Waals surface area contributed by atoms with Crippen LogP contribution in [0.5, 0.6) is 5.75 Å². The van der Waals surface area contributed by atoms with Gasteiger partial charge in [0.05, 0.1) is 0 Å². The van der Waals surface area contributed by atoms with Crippen molar-refractivity contribution in [2.24, 2.45) is 0 Å². The molecule has 0 aliphatic carbocycles. The van der Waals surface area contributed by atoms with Crippen LogP contribution in [0.25, 0.3) is 11.1 Å². The van der Waals surface area contributed by atoms with Gasteiger partial charge in [0.15, 0.2) is 0 Å². The molecule has 104 valence electrons. The number of benzene rings is 3. The van der Waals surface area contributed by atoms with Gasteiger partial charge in [-0.3, -0.25) is 0 Å². The summed E-state index contributed by atoms with van der Waals surface area (Å²) in [5.74, 6) is 0.300. The molecule has 0 fully saturated rings. The van der Waals surface area contributed by atoms with Crippen LogP contribution in [0, 0.1) is 0 Å². The fraction of sp³-hybridized carbons (Fsp3) is 0.0526. The van der Waals surface area contributed by atoms with Crippen LogP contribution in [0.1, 0.15) is 5.56 Å². The van der Waals surface area contributed by atoms with Crippen LogP contribution in [0.15, 0.2) is 78.9 Å². The van der Waals surface area contributed by atoms with Gasteiger partial charge in [-0.1, -0.05) is 54.6 Å². The highest BCUT2D eigenvalue weighted by molar-refractivity contribution is 5.65. The third-order valence-electron chi connectivity index (χ3n) is 3.40. The summed E-state index contributed by atoms with van der Waals surface area (Å²) in [6.07, 6.45) is 0. The first kappa shape index (κ1) is 13.3.